The van der Waals surface area contributed by atoms with E-state index in [1.165, 1.54) is 7.11 Å². The quantitative estimate of drug-likeness (QED) is 0.702. The molecule has 0 aromatic heterocycles. The van der Waals surface area contributed by atoms with Crippen molar-refractivity contribution in [2.45, 2.75) is 6.10 Å². The molecule has 1 atom stereocenters. The maximum absolute atomic E-state index is 8.80. The van der Waals surface area contributed by atoms with Crippen molar-refractivity contribution in [1.82, 2.24) is 0 Å². The van der Waals surface area contributed by atoms with Crippen LogP contribution in [0.15, 0.2) is 12.1 Å². The molecule has 1 saturated heterocycles. The van der Waals surface area contributed by atoms with Crippen LogP contribution in [0.5, 0.6) is 5.75 Å². The molecule has 0 spiro atoms. The topological polar surface area (TPSA) is 45.5 Å². The summed E-state index contributed by atoms with van der Waals surface area (Å²) in [6.07, 6.45) is 0.0733. The van der Waals surface area contributed by atoms with Gasteiger partial charge in [0.25, 0.3) is 0 Å². The molecule has 0 bridgehead atoms. The Morgan fingerprint density at radius 1 is 1.64 bits per heavy atom. The maximum Gasteiger partial charge on any atom is 0.155 e. The molecule has 1 aromatic carbocycles. The SMILES string of the molecule is COc1c(C#N)ccc(C2CO2)c1Cl. The van der Waals surface area contributed by atoms with Gasteiger partial charge < -0.3 is 9.47 Å². The smallest absolute Gasteiger partial charge is 0.155 e. The number of methoxy groups -OCH3 is 1. The molecule has 1 aliphatic heterocycles. The van der Waals surface area contributed by atoms with Gasteiger partial charge in [0, 0.05) is 5.56 Å². The van der Waals surface area contributed by atoms with Crippen molar-refractivity contribution in [2.24, 2.45) is 0 Å². The Morgan fingerprint density at radius 2 is 2.36 bits per heavy atom. The van der Waals surface area contributed by atoms with E-state index in [9.17, 15) is 0 Å². The highest BCUT2D eigenvalue weighted by Gasteiger charge is 2.29. The van der Waals surface area contributed by atoms with Crippen LogP contribution in [0, 0.1) is 11.3 Å². The minimum atomic E-state index is 0.0733. The highest BCUT2D eigenvalue weighted by Crippen LogP contribution is 2.40. The van der Waals surface area contributed by atoms with Gasteiger partial charge in [-0.3, -0.25) is 0 Å². The first-order valence-corrected chi connectivity index (χ1v) is 4.53. The molecule has 1 aromatic rings. The monoisotopic (exact) mass is 209 g/mol. The summed E-state index contributed by atoms with van der Waals surface area (Å²) in [6, 6.07) is 5.53. The van der Waals surface area contributed by atoms with Gasteiger partial charge in [0.05, 0.1) is 24.3 Å². The average Bonchev–Trinajstić information content (AvgIpc) is 3.00. The molecule has 3 nitrogen and oxygen atoms in total. The molecule has 0 saturated carbocycles. The summed E-state index contributed by atoms with van der Waals surface area (Å²) in [5.41, 5.74) is 1.34. The van der Waals surface area contributed by atoms with Crippen molar-refractivity contribution in [3.8, 4) is 11.8 Å². The van der Waals surface area contributed by atoms with Gasteiger partial charge in [0.15, 0.2) is 5.75 Å². The summed E-state index contributed by atoms with van der Waals surface area (Å²) >= 11 is 6.07. The van der Waals surface area contributed by atoms with E-state index >= 15 is 0 Å². The Morgan fingerprint density at radius 3 is 2.86 bits per heavy atom. The summed E-state index contributed by atoms with van der Waals surface area (Å²) in [6.45, 7) is 0.689. The van der Waals surface area contributed by atoms with Crippen LogP contribution in [-0.2, 0) is 4.74 Å². The van der Waals surface area contributed by atoms with Crippen molar-refractivity contribution in [1.29, 1.82) is 5.26 Å². The highest BCUT2D eigenvalue weighted by molar-refractivity contribution is 6.33. The first-order valence-electron chi connectivity index (χ1n) is 4.16. The van der Waals surface area contributed by atoms with Gasteiger partial charge in [-0.15, -0.1) is 0 Å². The van der Waals surface area contributed by atoms with Crippen LogP contribution in [0.3, 0.4) is 0 Å². The number of nitriles is 1. The van der Waals surface area contributed by atoms with Crippen LogP contribution in [-0.4, -0.2) is 13.7 Å². The molecule has 0 radical (unpaired) electrons. The van der Waals surface area contributed by atoms with E-state index in [1.54, 1.807) is 12.1 Å². The second-order valence-electron chi connectivity index (χ2n) is 2.98. The summed E-state index contributed by atoms with van der Waals surface area (Å²) in [4.78, 5) is 0. The number of halogens is 1. The molecule has 1 heterocycles. The van der Waals surface area contributed by atoms with Crippen LogP contribution < -0.4 is 4.74 Å². The van der Waals surface area contributed by atoms with Crippen LogP contribution in [0.4, 0.5) is 0 Å². The fraction of sp³-hybridized carbons (Fsp3) is 0.300. The van der Waals surface area contributed by atoms with E-state index < -0.39 is 0 Å². The van der Waals surface area contributed by atoms with Gasteiger partial charge in [0.2, 0.25) is 0 Å². The first kappa shape index (κ1) is 9.32. The van der Waals surface area contributed by atoms with Gasteiger partial charge in [-0.25, -0.2) is 0 Å². The van der Waals surface area contributed by atoms with E-state index in [4.69, 9.17) is 26.3 Å². The molecule has 14 heavy (non-hydrogen) atoms. The predicted molar refractivity (Wildman–Crippen MR) is 51.4 cm³/mol. The summed E-state index contributed by atoms with van der Waals surface area (Å²) in [5.74, 6) is 0.433. The Labute approximate surface area is 86.8 Å². The molecule has 1 fully saturated rings. The molecule has 2 rings (SSSR count). The third-order valence-corrected chi connectivity index (χ3v) is 2.52. The molecule has 1 aliphatic rings. The second-order valence-corrected chi connectivity index (χ2v) is 3.36. The molecule has 0 amide bonds. The number of hydrogen-bond donors (Lipinski definition) is 0. The van der Waals surface area contributed by atoms with Gasteiger partial charge in [0.1, 0.15) is 12.2 Å². The summed E-state index contributed by atoms with van der Waals surface area (Å²) in [5, 5.41) is 9.28. The lowest BCUT2D eigenvalue weighted by atomic mass is 10.1. The lowest BCUT2D eigenvalue weighted by Crippen LogP contribution is -1.93. The Bertz CT molecular complexity index is 407. The molecule has 1 unspecified atom stereocenters. The summed E-state index contributed by atoms with van der Waals surface area (Å²) < 4.78 is 10.2. The second kappa shape index (κ2) is 3.49. The van der Waals surface area contributed by atoms with E-state index in [0.717, 1.165) is 5.56 Å². The van der Waals surface area contributed by atoms with Crippen LogP contribution >= 0.6 is 11.6 Å². The number of rotatable bonds is 2. The Kier molecular flexibility index (Phi) is 2.32. The maximum atomic E-state index is 8.80. The van der Waals surface area contributed by atoms with Gasteiger partial charge in [-0.2, -0.15) is 5.26 Å². The fourth-order valence-electron chi connectivity index (χ4n) is 1.34. The lowest BCUT2D eigenvalue weighted by Gasteiger charge is -2.08. The van der Waals surface area contributed by atoms with E-state index in [-0.39, 0.29) is 6.10 Å². The third-order valence-electron chi connectivity index (χ3n) is 2.13. The number of benzene rings is 1. The molecule has 72 valence electrons. The minimum Gasteiger partial charge on any atom is -0.494 e. The number of ether oxygens (including phenoxy) is 2. The van der Waals surface area contributed by atoms with Crippen molar-refractivity contribution in [2.75, 3.05) is 13.7 Å². The number of nitrogens with zero attached hydrogens (tertiary/aromatic N) is 1. The summed E-state index contributed by atoms with van der Waals surface area (Å²) in [7, 11) is 1.50. The van der Waals surface area contributed by atoms with Gasteiger partial charge in [-0.1, -0.05) is 17.7 Å². The van der Waals surface area contributed by atoms with Crippen molar-refractivity contribution in [3.63, 3.8) is 0 Å². The zero-order valence-corrected chi connectivity index (χ0v) is 8.34. The molecular weight excluding hydrogens is 202 g/mol. The minimum absolute atomic E-state index is 0.0733. The number of hydrogen-bond acceptors (Lipinski definition) is 3. The van der Waals surface area contributed by atoms with Crippen molar-refractivity contribution < 1.29 is 9.47 Å². The molecular formula is C10H8ClNO2. The van der Waals surface area contributed by atoms with Crippen LogP contribution in [0.2, 0.25) is 5.02 Å². The molecule has 4 heteroatoms. The normalized spacial score (nSPS) is 18.8. The largest absolute Gasteiger partial charge is 0.494 e. The fourth-order valence-corrected chi connectivity index (χ4v) is 1.70. The average molecular weight is 210 g/mol. The first-order chi connectivity index (χ1) is 6.77. The van der Waals surface area contributed by atoms with E-state index in [2.05, 4.69) is 0 Å². The standard InChI is InChI=1S/C10H8ClNO2/c1-13-10-6(4-12)2-3-7(9(10)11)8-5-14-8/h2-3,8H,5H2,1H3. The zero-order valence-electron chi connectivity index (χ0n) is 7.58. The Hall–Kier alpha value is -1.24. The van der Waals surface area contributed by atoms with Crippen molar-refractivity contribution >= 4 is 11.6 Å². The lowest BCUT2D eigenvalue weighted by molar-refractivity contribution is 0.404. The van der Waals surface area contributed by atoms with Crippen LogP contribution in [0.25, 0.3) is 0 Å². The number of epoxide rings is 1. The molecule has 0 N–H and O–H groups in total. The van der Waals surface area contributed by atoms with Gasteiger partial charge in [-0.05, 0) is 6.07 Å². The van der Waals surface area contributed by atoms with E-state index in [0.29, 0.717) is 22.9 Å². The predicted octanol–water partition coefficient (Wildman–Crippen LogP) is 2.29. The van der Waals surface area contributed by atoms with E-state index in [1.807, 2.05) is 6.07 Å². The zero-order chi connectivity index (χ0) is 10.1. The van der Waals surface area contributed by atoms with Crippen molar-refractivity contribution in [3.05, 3.63) is 28.3 Å². The Balaban J connectivity index is 2.52. The van der Waals surface area contributed by atoms with Crippen LogP contribution in [0.1, 0.15) is 17.2 Å². The third kappa shape index (κ3) is 1.43. The highest BCUT2D eigenvalue weighted by atomic mass is 35.5. The molecule has 0 aliphatic carbocycles. The van der Waals surface area contributed by atoms with Gasteiger partial charge >= 0.3 is 0 Å².